The maximum atomic E-state index is 12.4. The van der Waals surface area contributed by atoms with Crippen LogP contribution in [0.15, 0.2) is 54.6 Å². The van der Waals surface area contributed by atoms with E-state index in [2.05, 4.69) is 10.6 Å². The van der Waals surface area contributed by atoms with E-state index in [4.69, 9.17) is 19.2 Å². The lowest BCUT2D eigenvalue weighted by Crippen LogP contribution is -2.14. The SMILES string of the molecule is COc1cc(-c2cccc(-c3nc4cccc5c4n3CCC5=O)c2)cc(OC)c1OC. The zero-order chi connectivity index (χ0) is 21.5. The van der Waals surface area contributed by atoms with Crippen molar-refractivity contribution in [3.8, 4) is 39.8 Å². The molecule has 0 spiro atoms. The van der Waals surface area contributed by atoms with Crippen LogP contribution >= 0.6 is 0 Å². The molecular formula is C25H22N2O4. The molecule has 0 unspecified atom stereocenters. The fourth-order valence-corrected chi connectivity index (χ4v) is 4.28. The number of methoxy groups -OCH3 is 3. The van der Waals surface area contributed by atoms with Crippen LogP contribution in [0.5, 0.6) is 17.2 Å². The van der Waals surface area contributed by atoms with E-state index in [1.165, 1.54) is 0 Å². The Balaban J connectivity index is 1.66. The molecule has 0 N–H and O–H groups in total. The van der Waals surface area contributed by atoms with E-state index in [-0.39, 0.29) is 5.78 Å². The monoisotopic (exact) mass is 414 g/mol. The second kappa shape index (κ2) is 7.47. The van der Waals surface area contributed by atoms with Crippen LogP contribution in [-0.4, -0.2) is 36.7 Å². The summed E-state index contributed by atoms with van der Waals surface area (Å²) in [5, 5.41) is 0. The second-order valence-corrected chi connectivity index (χ2v) is 7.43. The number of imidazole rings is 1. The van der Waals surface area contributed by atoms with Gasteiger partial charge in [-0.25, -0.2) is 4.98 Å². The third-order valence-electron chi connectivity index (χ3n) is 5.75. The number of aryl methyl sites for hydroxylation is 1. The molecule has 0 radical (unpaired) electrons. The van der Waals surface area contributed by atoms with E-state index >= 15 is 0 Å². The molecule has 0 fully saturated rings. The minimum absolute atomic E-state index is 0.177. The Bertz CT molecular complexity index is 1300. The van der Waals surface area contributed by atoms with E-state index in [0.717, 1.165) is 39.1 Å². The lowest BCUT2D eigenvalue weighted by atomic mass is 10.0. The Morgan fingerprint density at radius 1 is 0.839 bits per heavy atom. The Morgan fingerprint density at radius 2 is 1.55 bits per heavy atom. The first-order chi connectivity index (χ1) is 15.1. The third kappa shape index (κ3) is 3.03. The van der Waals surface area contributed by atoms with Gasteiger partial charge in [0.1, 0.15) is 5.82 Å². The highest BCUT2D eigenvalue weighted by Crippen LogP contribution is 2.42. The number of rotatable bonds is 5. The quantitative estimate of drug-likeness (QED) is 0.461. The van der Waals surface area contributed by atoms with Crippen LogP contribution in [0, 0.1) is 0 Å². The number of aromatic nitrogens is 2. The molecule has 0 bridgehead atoms. The number of benzene rings is 3. The second-order valence-electron chi connectivity index (χ2n) is 7.43. The predicted octanol–water partition coefficient (Wildman–Crippen LogP) is 4.98. The Kier molecular flexibility index (Phi) is 4.62. The van der Waals surface area contributed by atoms with Crippen molar-refractivity contribution in [1.82, 2.24) is 9.55 Å². The fraction of sp³-hybridized carbons (Fsp3) is 0.200. The molecule has 1 aromatic heterocycles. The summed E-state index contributed by atoms with van der Waals surface area (Å²) < 4.78 is 18.6. The zero-order valence-corrected chi connectivity index (χ0v) is 17.6. The van der Waals surface area contributed by atoms with E-state index in [1.807, 2.05) is 48.5 Å². The lowest BCUT2D eigenvalue weighted by molar-refractivity contribution is 0.0973. The number of hydrogen-bond donors (Lipinski definition) is 0. The van der Waals surface area contributed by atoms with Crippen molar-refractivity contribution in [2.24, 2.45) is 0 Å². The van der Waals surface area contributed by atoms with Gasteiger partial charge in [-0.05, 0) is 41.5 Å². The number of hydrogen-bond acceptors (Lipinski definition) is 5. The number of ether oxygens (including phenoxy) is 3. The first-order valence-corrected chi connectivity index (χ1v) is 10.1. The van der Waals surface area contributed by atoms with Crippen molar-refractivity contribution in [3.05, 3.63) is 60.2 Å². The number of nitrogens with zero attached hydrogens (tertiary/aromatic N) is 2. The molecular weight excluding hydrogens is 392 g/mol. The van der Waals surface area contributed by atoms with Crippen LogP contribution in [0.2, 0.25) is 0 Å². The van der Waals surface area contributed by atoms with Crippen molar-refractivity contribution in [1.29, 1.82) is 0 Å². The van der Waals surface area contributed by atoms with Crippen molar-refractivity contribution in [2.45, 2.75) is 13.0 Å². The highest BCUT2D eigenvalue weighted by Gasteiger charge is 2.23. The predicted molar refractivity (Wildman–Crippen MR) is 119 cm³/mol. The van der Waals surface area contributed by atoms with Crippen LogP contribution in [0.25, 0.3) is 33.5 Å². The smallest absolute Gasteiger partial charge is 0.203 e. The van der Waals surface area contributed by atoms with Crippen molar-refractivity contribution >= 4 is 16.8 Å². The van der Waals surface area contributed by atoms with Crippen molar-refractivity contribution in [3.63, 3.8) is 0 Å². The van der Waals surface area contributed by atoms with Gasteiger partial charge in [0.25, 0.3) is 0 Å². The molecule has 0 saturated carbocycles. The molecule has 5 rings (SSSR count). The molecule has 1 aliphatic rings. The summed E-state index contributed by atoms with van der Waals surface area (Å²) in [5.41, 5.74) is 5.46. The summed E-state index contributed by atoms with van der Waals surface area (Å²) in [6, 6.07) is 17.8. The number of carbonyl (C=O) groups is 1. The van der Waals surface area contributed by atoms with Gasteiger partial charge in [-0.2, -0.15) is 0 Å². The summed E-state index contributed by atoms with van der Waals surface area (Å²) in [6.07, 6.45) is 0.488. The maximum absolute atomic E-state index is 12.4. The van der Waals surface area contributed by atoms with Gasteiger partial charge in [-0.15, -0.1) is 0 Å². The molecule has 6 nitrogen and oxygen atoms in total. The first kappa shape index (κ1) is 19.2. The number of para-hydroxylation sites is 1. The summed E-state index contributed by atoms with van der Waals surface area (Å²) in [5.74, 6) is 2.81. The Hall–Kier alpha value is -3.80. The van der Waals surface area contributed by atoms with E-state index < -0.39 is 0 Å². The molecule has 0 aliphatic carbocycles. The van der Waals surface area contributed by atoms with Crippen molar-refractivity contribution in [2.75, 3.05) is 21.3 Å². The lowest BCUT2D eigenvalue weighted by Gasteiger charge is -2.16. The molecule has 0 atom stereocenters. The van der Waals surface area contributed by atoms with Gasteiger partial charge in [-0.1, -0.05) is 24.3 Å². The van der Waals surface area contributed by atoms with Crippen molar-refractivity contribution < 1.29 is 19.0 Å². The average Bonchev–Trinajstić information content (AvgIpc) is 3.20. The summed E-state index contributed by atoms with van der Waals surface area (Å²) in [7, 11) is 4.81. The molecule has 156 valence electrons. The molecule has 3 aromatic carbocycles. The van der Waals surface area contributed by atoms with Gasteiger partial charge in [0.15, 0.2) is 17.3 Å². The van der Waals surface area contributed by atoms with Gasteiger partial charge in [-0.3, -0.25) is 4.79 Å². The molecule has 2 heterocycles. The summed E-state index contributed by atoms with van der Waals surface area (Å²) in [6.45, 7) is 0.635. The van der Waals surface area contributed by atoms with Gasteiger partial charge in [0.05, 0.1) is 32.4 Å². The summed E-state index contributed by atoms with van der Waals surface area (Å²) >= 11 is 0. The number of ketones is 1. The van der Waals surface area contributed by atoms with E-state index in [0.29, 0.717) is 30.2 Å². The standard InChI is InChI=1S/C25H22N2O4/c1-29-21-13-17(14-22(30-2)24(21)31-3)15-6-4-7-16(12-15)25-26-19-9-5-8-18-20(28)10-11-27(25)23(18)19/h4-9,12-14H,10-11H2,1-3H3. The molecule has 1 aliphatic heterocycles. The van der Waals surface area contributed by atoms with Gasteiger partial charge < -0.3 is 18.8 Å². The minimum atomic E-state index is 0.177. The van der Waals surface area contributed by atoms with Crippen LogP contribution in [0.4, 0.5) is 0 Å². The molecule has 0 saturated heterocycles. The normalized spacial score (nSPS) is 12.8. The fourth-order valence-electron chi connectivity index (χ4n) is 4.28. The molecule has 6 heteroatoms. The Labute approximate surface area is 180 Å². The number of Topliss-reactive ketones (excluding diaryl/α,β-unsaturated/α-hetero) is 1. The van der Waals surface area contributed by atoms with E-state index in [1.54, 1.807) is 21.3 Å². The molecule has 31 heavy (non-hydrogen) atoms. The van der Waals surface area contributed by atoms with Crippen LogP contribution in [0.3, 0.4) is 0 Å². The average molecular weight is 414 g/mol. The van der Waals surface area contributed by atoms with Crippen LogP contribution in [-0.2, 0) is 6.54 Å². The zero-order valence-electron chi connectivity index (χ0n) is 17.6. The topological polar surface area (TPSA) is 62.6 Å². The highest BCUT2D eigenvalue weighted by molar-refractivity contribution is 6.08. The maximum Gasteiger partial charge on any atom is 0.203 e. The van der Waals surface area contributed by atoms with Crippen LogP contribution in [0.1, 0.15) is 16.8 Å². The van der Waals surface area contributed by atoms with Crippen LogP contribution < -0.4 is 14.2 Å². The summed E-state index contributed by atoms with van der Waals surface area (Å²) in [4.78, 5) is 17.2. The van der Waals surface area contributed by atoms with E-state index in [9.17, 15) is 4.79 Å². The van der Waals surface area contributed by atoms with Gasteiger partial charge >= 0.3 is 0 Å². The Morgan fingerprint density at radius 3 is 2.26 bits per heavy atom. The number of carbonyl (C=O) groups excluding carboxylic acids is 1. The highest BCUT2D eigenvalue weighted by atomic mass is 16.5. The van der Waals surface area contributed by atoms with Gasteiger partial charge in [0.2, 0.25) is 5.75 Å². The minimum Gasteiger partial charge on any atom is -0.493 e. The van der Waals surface area contributed by atoms with Gasteiger partial charge in [0, 0.05) is 24.1 Å². The largest absolute Gasteiger partial charge is 0.493 e. The molecule has 4 aromatic rings. The first-order valence-electron chi connectivity index (χ1n) is 10.1. The molecule has 0 amide bonds. The third-order valence-corrected chi connectivity index (χ3v) is 5.75.